The van der Waals surface area contributed by atoms with Crippen molar-refractivity contribution in [3.63, 3.8) is 0 Å². The van der Waals surface area contributed by atoms with Gasteiger partial charge in [0.15, 0.2) is 11.6 Å². The zero-order valence-corrected chi connectivity index (χ0v) is 29.1. The van der Waals surface area contributed by atoms with Gasteiger partial charge >= 0.3 is 0 Å². The summed E-state index contributed by atoms with van der Waals surface area (Å²) in [6, 6.07) is 14.8. The van der Waals surface area contributed by atoms with E-state index in [9.17, 15) is 35.1 Å². The molecule has 2 fully saturated rings. The fourth-order valence-corrected chi connectivity index (χ4v) is 7.08. The van der Waals surface area contributed by atoms with E-state index in [1.165, 1.54) is 0 Å². The molecular weight excluding hydrogens is 636 g/mol. The number of ether oxygens (including phenoxy) is 2. The quantitative estimate of drug-likeness (QED) is 0.407. The summed E-state index contributed by atoms with van der Waals surface area (Å²) in [5.41, 5.74) is 5.80. The molecule has 0 spiro atoms. The van der Waals surface area contributed by atoms with Crippen LogP contribution in [-0.2, 0) is 31.9 Å². The number of rotatable bonds is 7. The number of aliphatic hydroxyl groups is 2. The lowest BCUT2D eigenvalue weighted by atomic mass is 9.84. The predicted molar refractivity (Wildman–Crippen MR) is 185 cm³/mol. The highest BCUT2D eigenvalue weighted by Gasteiger charge is 2.37. The van der Waals surface area contributed by atoms with Gasteiger partial charge in [-0.1, -0.05) is 24.3 Å². The molecule has 11 nitrogen and oxygen atoms in total. The number of aldehydes is 1. The maximum Gasteiger partial charge on any atom is 0.179 e. The van der Waals surface area contributed by atoms with Gasteiger partial charge in [0.05, 0.1) is 29.2 Å². The predicted octanol–water partition coefficient (Wildman–Crippen LogP) is 3.93. The molecule has 0 radical (unpaired) electrons. The third-order valence-electron chi connectivity index (χ3n) is 10.7. The Labute approximate surface area is 293 Å². The minimum atomic E-state index is -0.983. The molecule has 2 heterocycles. The summed E-state index contributed by atoms with van der Waals surface area (Å²) in [6.45, 7) is 6.56. The lowest BCUT2D eigenvalue weighted by molar-refractivity contribution is -0.115. The second kappa shape index (κ2) is 15.1. The van der Waals surface area contributed by atoms with E-state index in [0.29, 0.717) is 48.7 Å². The molecule has 0 aromatic heterocycles. The summed E-state index contributed by atoms with van der Waals surface area (Å²) in [4.78, 5) is 40.2. The van der Waals surface area contributed by atoms with Crippen molar-refractivity contribution in [1.29, 1.82) is 10.5 Å². The number of piperidine rings is 2. The van der Waals surface area contributed by atoms with Crippen LogP contribution in [0.15, 0.2) is 47.5 Å². The molecule has 6 rings (SSSR count). The van der Waals surface area contributed by atoms with Gasteiger partial charge in [0, 0.05) is 69.9 Å². The molecule has 1 atom stereocenters. The Balaban J connectivity index is 0.000000195. The highest BCUT2D eigenvalue weighted by Crippen LogP contribution is 2.38. The zero-order valence-electron chi connectivity index (χ0n) is 29.1. The van der Waals surface area contributed by atoms with Crippen LogP contribution in [0.2, 0.25) is 0 Å². The molecule has 2 aliphatic heterocycles. The second-order valence-corrected chi connectivity index (χ2v) is 13.8. The number of likely N-dealkylation sites (tertiary alicyclic amines) is 2. The van der Waals surface area contributed by atoms with Gasteiger partial charge in [-0.15, -0.1) is 0 Å². The first-order chi connectivity index (χ1) is 23.9. The maximum absolute atomic E-state index is 12.5. The van der Waals surface area contributed by atoms with E-state index in [-0.39, 0.29) is 53.4 Å². The van der Waals surface area contributed by atoms with Gasteiger partial charge in [-0.2, -0.15) is 10.5 Å². The Kier molecular flexibility index (Phi) is 11.0. The molecule has 1 unspecified atom stereocenters. The van der Waals surface area contributed by atoms with E-state index >= 15 is 0 Å². The molecule has 11 heteroatoms. The first-order valence-electron chi connectivity index (χ1n) is 16.9. The Morgan fingerprint density at radius 3 is 1.64 bits per heavy atom. The van der Waals surface area contributed by atoms with E-state index in [1.807, 2.05) is 6.07 Å². The lowest BCUT2D eigenvalue weighted by Crippen LogP contribution is -2.43. The molecule has 0 bridgehead atoms. The molecular formula is C39H44N4O7. The monoisotopic (exact) mass is 680 g/mol. The van der Waals surface area contributed by atoms with Crippen molar-refractivity contribution in [2.45, 2.75) is 69.7 Å². The topological polar surface area (TPSA) is 164 Å². The zero-order chi connectivity index (χ0) is 36.2. The summed E-state index contributed by atoms with van der Waals surface area (Å²) in [7, 11) is 3.42. The van der Waals surface area contributed by atoms with Crippen molar-refractivity contribution < 1.29 is 34.1 Å². The molecule has 2 aromatic carbocycles. The summed E-state index contributed by atoms with van der Waals surface area (Å²) in [5.74, 6) is -0.329. The standard InChI is InChI=1S/C20H24N2O4.C19H20N2O3/c1-20(26-2)5-7-22(8-6-20)19-15-9-14(18(25)12-23)4-3-13(15)10-17(24)16(19)11-21;1-19(24-2)5-7-21(8-6-19)18-15-9-13(12-22)3-4-14(15)10-17(23)16(18)11-20/h3-4,9,18,23,25H,5-8,10,12H2,1-2H3;3-4,9,12H,5-8,10H2,1-2H3. The maximum atomic E-state index is 12.5. The van der Waals surface area contributed by atoms with Crippen LogP contribution in [0.1, 0.15) is 83.8 Å². The number of benzene rings is 2. The summed E-state index contributed by atoms with van der Waals surface area (Å²) in [6.07, 6.45) is 3.44. The van der Waals surface area contributed by atoms with E-state index in [0.717, 1.165) is 54.2 Å². The molecule has 2 aliphatic carbocycles. The van der Waals surface area contributed by atoms with Crippen molar-refractivity contribution in [3.05, 3.63) is 80.9 Å². The van der Waals surface area contributed by atoms with Crippen molar-refractivity contribution in [2.75, 3.05) is 47.0 Å². The largest absolute Gasteiger partial charge is 0.393 e. The first kappa shape index (κ1) is 36.6. The number of nitrogens with zero attached hydrogens (tertiary/aromatic N) is 4. The van der Waals surface area contributed by atoms with E-state index < -0.39 is 6.10 Å². The average molecular weight is 681 g/mol. The van der Waals surface area contributed by atoms with E-state index in [1.54, 1.807) is 44.6 Å². The molecule has 0 saturated carbocycles. The van der Waals surface area contributed by atoms with Crippen LogP contribution in [0.3, 0.4) is 0 Å². The number of hydrogen-bond acceptors (Lipinski definition) is 11. The Hall–Kier alpha value is -4.65. The average Bonchev–Trinajstić information content (AvgIpc) is 3.14. The first-order valence-corrected chi connectivity index (χ1v) is 16.9. The molecule has 262 valence electrons. The van der Waals surface area contributed by atoms with Crippen molar-refractivity contribution in [2.24, 2.45) is 0 Å². The number of Topliss-reactive ketones (excluding diaryl/α,β-unsaturated/α-hetero) is 2. The second-order valence-electron chi connectivity index (χ2n) is 13.8. The molecule has 0 amide bonds. The van der Waals surface area contributed by atoms with Crippen LogP contribution in [0.25, 0.3) is 11.4 Å². The minimum Gasteiger partial charge on any atom is -0.393 e. The van der Waals surface area contributed by atoms with Gasteiger partial charge in [0.2, 0.25) is 0 Å². The van der Waals surface area contributed by atoms with Crippen LogP contribution in [-0.4, -0.2) is 96.1 Å². The fraction of sp³-hybridized carbons (Fsp3) is 0.462. The normalized spacial score (nSPS) is 20.2. The van der Waals surface area contributed by atoms with Gasteiger partial charge in [0.25, 0.3) is 0 Å². The number of methoxy groups -OCH3 is 2. The Bertz CT molecular complexity index is 1820. The fourth-order valence-electron chi connectivity index (χ4n) is 7.08. The number of carbonyl (C=O) groups excluding carboxylic acids is 3. The molecule has 2 saturated heterocycles. The van der Waals surface area contributed by atoms with Crippen molar-refractivity contribution in [3.8, 4) is 12.1 Å². The number of ketones is 2. The van der Waals surface area contributed by atoms with Gasteiger partial charge in [-0.25, -0.2) is 0 Å². The number of nitriles is 2. The van der Waals surface area contributed by atoms with Crippen LogP contribution in [0, 0.1) is 22.7 Å². The highest BCUT2D eigenvalue weighted by atomic mass is 16.5. The SMILES string of the molecule is COC1(C)CCN(C2=C(C#N)C(=O)Cc3ccc(C(O)CO)cc32)CC1.COC1(C)CCN(C2=C(C#N)C(=O)Cc3ccc(C=O)cc32)CC1. The van der Waals surface area contributed by atoms with Crippen LogP contribution < -0.4 is 0 Å². The molecule has 50 heavy (non-hydrogen) atoms. The number of carbonyl (C=O) groups is 3. The summed E-state index contributed by atoms with van der Waals surface area (Å²) in [5, 5.41) is 38.3. The summed E-state index contributed by atoms with van der Waals surface area (Å²) < 4.78 is 11.2. The third kappa shape index (κ3) is 7.28. The van der Waals surface area contributed by atoms with E-state index in [2.05, 4.69) is 35.8 Å². The number of hydrogen-bond donors (Lipinski definition) is 2. The van der Waals surface area contributed by atoms with Crippen LogP contribution in [0.5, 0.6) is 0 Å². The Morgan fingerprint density at radius 1 is 0.800 bits per heavy atom. The number of allylic oxidation sites excluding steroid dienone is 2. The molecule has 2 N–H and O–H groups in total. The van der Waals surface area contributed by atoms with E-state index in [4.69, 9.17) is 9.47 Å². The smallest absolute Gasteiger partial charge is 0.179 e. The van der Waals surface area contributed by atoms with Crippen molar-refractivity contribution >= 4 is 29.2 Å². The van der Waals surface area contributed by atoms with Gasteiger partial charge in [-0.3, -0.25) is 14.4 Å². The summed E-state index contributed by atoms with van der Waals surface area (Å²) >= 11 is 0. The molecule has 2 aromatic rings. The lowest BCUT2D eigenvalue weighted by Gasteiger charge is -2.41. The third-order valence-corrected chi connectivity index (χ3v) is 10.7. The van der Waals surface area contributed by atoms with Crippen molar-refractivity contribution in [1.82, 2.24) is 9.80 Å². The number of fused-ring (bicyclic) bond motifs is 2. The number of aliphatic hydroxyl groups excluding tert-OH is 2. The minimum absolute atomic E-state index is 0.154. The van der Waals surface area contributed by atoms with Crippen LogP contribution >= 0.6 is 0 Å². The van der Waals surface area contributed by atoms with Gasteiger partial charge in [-0.05, 0) is 68.4 Å². The van der Waals surface area contributed by atoms with Crippen LogP contribution in [0.4, 0.5) is 0 Å². The highest BCUT2D eigenvalue weighted by molar-refractivity contribution is 6.10. The Morgan fingerprint density at radius 2 is 1.24 bits per heavy atom. The van der Waals surface area contributed by atoms with Gasteiger partial charge in [0.1, 0.15) is 35.7 Å². The molecule has 4 aliphatic rings. The van der Waals surface area contributed by atoms with Gasteiger partial charge < -0.3 is 29.5 Å².